The molecule has 1 rings (SSSR count). The van der Waals surface area contributed by atoms with Gasteiger partial charge in [0.2, 0.25) is 0 Å². The van der Waals surface area contributed by atoms with Gasteiger partial charge in [-0.1, -0.05) is 13.8 Å². The minimum Gasteiger partial charge on any atom is -0.491 e. The van der Waals surface area contributed by atoms with Crippen LogP contribution in [0, 0.1) is 0 Å². The molecule has 0 fully saturated rings. The quantitative estimate of drug-likeness (QED) is 0.709. The first kappa shape index (κ1) is 15.4. The molecule has 0 aliphatic heterocycles. The number of hydrogen-bond donors (Lipinski definition) is 1. The minimum atomic E-state index is 0.663. The second kappa shape index (κ2) is 9.30. The Balaban J connectivity index is 2.05. The molecule has 0 saturated carbocycles. The van der Waals surface area contributed by atoms with Gasteiger partial charge >= 0.3 is 0 Å². The maximum absolute atomic E-state index is 5.58. The molecule has 1 heterocycles. The zero-order valence-electron chi connectivity index (χ0n) is 11.2. The van der Waals surface area contributed by atoms with Crippen molar-refractivity contribution in [2.24, 2.45) is 0 Å². The Kier molecular flexibility index (Phi) is 7.96. The number of rotatable bonds is 9. The van der Waals surface area contributed by atoms with Gasteiger partial charge in [-0.2, -0.15) is 0 Å². The lowest BCUT2D eigenvalue weighted by atomic mass is 10.4. The van der Waals surface area contributed by atoms with Gasteiger partial charge < -0.3 is 15.0 Å². The van der Waals surface area contributed by atoms with E-state index < -0.39 is 0 Å². The van der Waals surface area contributed by atoms with Gasteiger partial charge in [0.05, 0.1) is 6.20 Å². The molecular weight excluding hydrogens is 294 g/mol. The van der Waals surface area contributed by atoms with Crippen molar-refractivity contribution in [2.45, 2.75) is 13.8 Å². The van der Waals surface area contributed by atoms with E-state index in [1.165, 1.54) is 0 Å². The molecule has 5 heteroatoms. The van der Waals surface area contributed by atoms with Crippen LogP contribution in [0.15, 0.2) is 22.9 Å². The molecular formula is C13H22BrN3O. The second-order valence-electron chi connectivity index (χ2n) is 3.96. The van der Waals surface area contributed by atoms with E-state index in [-0.39, 0.29) is 0 Å². The first-order chi connectivity index (χ1) is 8.76. The number of nitrogens with one attached hydrogen (secondary N) is 1. The lowest BCUT2D eigenvalue weighted by molar-refractivity contribution is 0.285. The molecule has 0 amide bonds. The smallest absolute Gasteiger partial charge is 0.138 e. The van der Waals surface area contributed by atoms with Gasteiger partial charge in [-0.25, -0.2) is 0 Å². The van der Waals surface area contributed by atoms with Gasteiger partial charge in [-0.05, 0) is 35.1 Å². The summed E-state index contributed by atoms with van der Waals surface area (Å²) in [7, 11) is 0. The monoisotopic (exact) mass is 315 g/mol. The second-order valence-corrected chi connectivity index (χ2v) is 4.88. The number of likely N-dealkylation sites (N-methyl/N-ethyl adjacent to an activating group) is 1. The van der Waals surface area contributed by atoms with Crippen molar-refractivity contribution in [3.05, 3.63) is 22.9 Å². The Labute approximate surface area is 118 Å². The first-order valence-corrected chi connectivity index (χ1v) is 7.22. The Hall–Kier alpha value is -0.650. The third-order valence-electron chi connectivity index (χ3n) is 2.73. The van der Waals surface area contributed by atoms with E-state index in [0.717, 1.165) is 42.9 Å². The van der Waals surface area contributed by atoms with E-state index in [9.17, 15) is 0 Å². The van der Waals surface area contributed by atoms with Crippen molar-refractivity contribution < 1.29 is 4.74 Å². The van der Waals surface area contributed by atoms with E-state index in [1.54, 1.807) is 12.4 Å². The molecule has 0 atom stereocenters. The average molecular weight is 316 g/mol. The number of halogens is 1. The molecule has 0 saturated heterocycles. The molecule has 0 bridgehead atoms. The van der Waals surface area contributed by atoms with E-state index in [4.69, 9.17) is 4.74 Å². The molecule has 0 radical (unpaired) electrons. The first-order valence-electron chi connectivity index (χ1n) is 6.42. The molecule has 0 aromatic carbocycles. The summed E-state index contributed by atoms with van der Waals surface area (Å²) < 4.78 is 6.52. The highest BCUT2D eigenvalue weighted by Gasteiger charge is 1.98. The largest absolute Gasteiger partial charge is 0.491 e. The fraction of sp³-hybridized carbons (Fsp3) is 0.615. The van der Waals surface area contributed by atoms with Gasteiger partial charge in [-0.15, -0.1) is 0 Å². The number of nitrogens with zero attached hydrogens (tertiary/aromatic N) is 2. The number of pyridine rings is 1. The summed E-state index contributed by atoms with van der Waals surface area (Å²) in [4.78, 5) is 6.44. The van der Waals surface area contributed by atoms with E-state index >= 15 is 0 Å². The molecule has 0 aliphatic rings. The van der Waals surface area contributed by atoms with Crippen molar-refractivity contribution in [2.75, 3.05) is 39.3 Å². The summed E-state index contributed by atoms with van der Waals surface area (Å²) >= 11 is 3.36. The van der Waals surface area contributed by atoms with Crippen LogP contribution in [-0.4, -0.2) is 49.2 Å². The van der Waals surface area contributed by atoms with Gasteiger partial charge in [-0.3, -0.25) is 4.98 Å². The van der Waals surface area contributed by atoms with Crippen molar-refractivity contribution >= 4 is 15.9 Å². The standard InChI is InChI=1S/C13H22BrN3O/c1-3-17(4-2)7-5-15-6-8-18-13-9-12(14)10-16-11-13/h9-11,15H,3-8H2,1-2H3. The fourth-order valence-electron chi connectivity index (χ4n) is 1.61. The van der Waals surface area contributed by atoms with E-state index in [1.807, 2.05) is 6.07 Å². The summed E-state index contributed by atoms with van der Waals surface area (Å²) in [6.07, 6.45) is 3.47. The molecule has 1 N–H and O–H groups in total. The molecule has 1 aromatic rings. The molecule has 1 aromatic heterocycles. The number of hydrogen-bond acceptors (Lipinski definition) is 4. The lowest BCUT2D eigenvalue weighted by Crippen LogP contribution is -2.33. The topological polar surface area (TPSA) is 37.4 Å². The third-order valence-corrected chi connectivity index (χ3v) is 3.16. The van der Waals surface area contributed by atoms with Gasteiger partial charge in [0.25, 0.3) is 0 Å². The number of ether oxygens (including phenoxy) is 1. The Morgan fingerprint density at radius 3 is 2.72 bits per heavy atom. The van der Waals surface area contributed by atoms with Crippen LogP contribution in [0.3, 0.4) is 0 Å². The van der Waals surface area contributed by atoms with Crippen LogP contribution in [0.4, 0.5) is 0 Å². The van der Waals surface area contributed by atoms with Crippen LogP contribution < -0.4 is 10.1 Å². The zero-order chi connectivity index (χ0) is 13.2. The van der Waals surface area contributed by atoms with E-state index in [2.05, 4.69) is 45.0 Å². The minimum absolute atomic E-state index is 0.663. The zero-order valence-corrected chi connectivity index (χ0v) is 12.7. The normalized spacial score (nSPS) is 10.9. The summed E-state index contributed by atoms with van der Waals surface area (Å²) in [5, 5.41) is 3.37. The van der Waals surface area contributed by atoms with Crippen molar-refractivity contribution in [3.63, 3.8) is 0 Å². The van der Waals surface area contributed by atoms with E-state index in [0.29, 0.717) is 6.61 Å². The molecule has 0 aliphatic carbocycles. The third kappa shape index (κ3) is 6.33. The Morgan fingerprint density at radius 1 is 1.28 bits per heavy atom. The van der Waals surface area contributed by atoms with Crippen LogP contribution in [-0.2, 0) is 0 Å². The highest BCUT2D eigenvalue weighted by atomic mass is 79.9. The molecule has 0 spiro atoms. The maximum atomic E-state index is 5.58. The highest BCUT2D eigenvalue weighted by Crippen LogP contribution is 2.15. The van der Waals surface area contributed by atoms with Crippen LogP contribution >= 0.6 is 15.9 Å². The maximum Gasteiger partial charge on any atom is 0.138 e. The molecule has 0 unspecified atom stereocenters. The SMILES string of the molecule is CCN(CC)CCNCCOc1cncc(Br)c1. The summed E-state index contributed by atoms with van der Waals surface area (Å²) in [6, 6.07) is 1.92. The fourth-order valence-corrected chi connectivity index (χ4v) is 1.96. The van der Waals surface area contributed by atoms with Crippen molar-refractivity contribution in [1.82, 2.24) is 15.2 Å². The summed E-state index contributed by atoms with van der Waals surface area (Å²) in [6.45, 7) is 10.2. The van der Waals surface area contributed by atoms with Gasteiger partial charge in [0.15, 0.2) is 0 Å². The molecule has 18 heavy (non-hydrogen) atoms. The Morgan fingerprint density at radius 2 is 2.06 bits per heavy atom. The van der Waals surface area contributed by atoms with Crippen LogP contribution in [0.5, 0.6) is 5.75 Å². The van der Waals surface area contributed by atoms with Crippen molar-refractivity contribution in [1.29, 1.82) is 0 Å². The highest BCUT2D eigenvalue weighted by molar-refractivity contribution is 9.10. The van der Waals surface area contributed by atoms with Gasteiger partial charge in [0, 0.05) is 30.3 Å². The summed E-state index contributed by atoms with van der Waals surface area (Å²) in [5.41, 5.74) is 0. The Bertz CT molecular complexity index is 332. The molecule has 4 nitrogen and oxygen atoms in total. The number of aromatic nitrogens is 1. The van der Waals surface area contributed by atoms with Crippen LogP contribution in [0.2, 0.25) is 0 Å². The van der Waals surface area contributed by atoms with Crippen LogP contribution in [0.25, 0.3) is 0 Å². The predicted octanol–water partition coefficient (Wildman–Crippen LogP) is 2.15. The average Bonchev–Trinajstić information content (AvgIpc) is 2.38. The lowest BCUT2D eigenvalue weighted by Gasteiger charge is -2.18. The van der Waals surface area contributed by atoms with Gasteiger partial charge in [0.1, 0.15) is 12.4 Å². The molecule has 102 valence electrons. The predicted molar refractivity (Wildman–Crippen MR) is 78.1 cm³/mol. The summed E-state index contributed by atoms with van der Waals surface area (Å²) in [5.74, 6) is 0.801. The van der Waals surface area contributed by atoms with Crippen molar-refractivity contribution in [3.8, 4) is 5.75 Å². The van der Waals surface area contributed by atoms with Crippen LogP contribution in [0.1, 0.15) is 13.8 Å².